The number of nitriles is 1. The van der Waals surface area contributed by atoms with E-state index >= 15 is 0 Å². The van der Waals surface area contributed by atoms with Crippen LogP contribution in [0.15, 0.2) is 54.7 Å². The molecule has 0 aliphatic rings. The van der Waals surface area contributed by atoms with Gasteiger partial charge in [0.05, 0.1) is 29.2 Å². The number of benzene rings is 2. The lowest BCUT2D eigenvalue weighted by Gasteiger charge is -2.01. The van der Waals surface area contributed by atoms with Gasteiger partial charge in [0, 0.05) is 10.6 Å². The second-order valence-corrected chi connectivity index (χ2v) is 4.99. The van der Waals surface area contributed by atoms with Crippen molar-refractivity contribution in [3.05, 3.63) is 65.3 Å². The third-order valence-corrected chi connectivity index (χ3v) is 3.32. The van der Waals surface area contributed by atoms with Gasteiger partial charge in [-0.15, -0.1) is 0 Å². The van der Waals surface area contributed by atoms with Crippen molar-refractivity contribution in [1.82, 2.24) is 9.78 Å². The average molecular weight is 295 g/mol. The standard InChI is InChI=1S/C16H11ClN4/c17-13-5-2-6-14(8-13)21-10-15(19)16(20-21)12-4-1-3-11(7-12)9-18/h1-8,10H,19H2. The fourth-order valence-electron chi connectivity index (χ4n) is 2.10. The van der Waals surface area contributed by atoms with E-state index in [1.807, 2.05) is 30.3 Å². The minimum absolute atomic E-state index is 0.546. The van der Waals surface area contributed by atoms with E-state index in [9.17, 15) is 0 Å². The maximum absolute atomic E-state index is 8.97. The average Bonchev–Trinajstić information content (AvgIpc) is 2.89. The SMILES string of the molecule is N#Cc1cccc(-c2nn(-c3cccc(Cl)c3)cc2N)c1. The van der Waals surface area contributed by atoms with E-state index in [0.717, 1.165) is 11.3 Å². The highest BCUT2D eigenvalue weighted by atomic mass is 35.5. The molecule has 2 N–H and O–H groups in total. The third-order valence-electron chi connectivity index (χ3n) is 3.08. The number of rotatable bonds is 2. The molecule has 4 nitrogen and oxygen atoms in total. The van der Waals surface area contributed by atoms with Gasteiger partial charge in [-0.1, -0.05) is 29.8 Å². The Labute approximate surface area is 127 Å². The van der Waals surface area contributed by atoms with Gasteiger partial charge in [-0.3, -0.25) is 0 Å². The molecule has 0 fully saturated rings. The molecule has 0 bridgehead atoms. The molecule has 3 rings (SSSR count). The van der Waals surface area contributed by atoms with Crippen molar-refractivity contribution in [2.45, 2.75) is 0 Å². The Morgan fingerprint density at radius 3 is 2.71 bits per heavy atom. The van der Waals surface area contributed by atoms with Crippen molar-refractivity contribution in [1.29, 1.82) is 5.26 Å². The van der Waals surface area contributed by atoms with Crippen LogP contribution in [-0.2, 0) is 0 Å². The molecule has 3 aromatic rings. The second-order valence-electron chi connectivity index (χ2n) is 4.55. The molecule has 1 aromatic heterocycles. The molecule has 0 saturated carbocycles. The summed E-state index contributed by atoms with van der Waals surface area (Å²) in [6, 6.07) is 16.7. The Balaban J connectivity index is 2.08. The molecule has 5 heteroatoms. The summed E-state index contributed by atoms with van der Waals surface area (Å²) < 4.78 is 1.68. The quantitative estimate of drug-likeness (QED) is 0.784. The fourth-order valence-corrected chi connectivity index (χ4v) is 2.28. The molecular weight excluding hydrogens is 284 g/mol. The van der Waals surface area contributed by atoms with Gasteiger partial charge in [0.1, 0.15) is 5.69 Å². The lowest BCUT2D eigenvalue weighted by molar-refractivity contribution is 0.884. The molecule has 0 atom stereocenters. The van der Waals surface area contributed by atoms with Crippen molar-refractivity contribution in [2.75, 3.05) is 5.73 Å². The molecule has 102 valence electrons. The predicted molar refractivity (Wildman–Crippen MR) is 83.1 cm³/mol. The number of nitrogen functional groups attached to an aromatic ring is 1. The van der Waals surface area contributed by atoms with Gasteiger partial charge >= 0.3 is 0 Å². The Morgan fingerprint density at radius 1 is 1.14 bits per heavy atom. The molecule has 21 heavy (non-hydrogen) atoms. The number of nitrogens with two attached hydrogens (primary N) is 1. The van der Waals surface area contributed by atoms with Crippen LogP contribution in [0.3, 0.4) is 0 Å². The van der Waals surface area contributed by atoms with E-state index in [2.05, 4.69) is 11.2 Å². The first-order chi connectivity index (χ1) is 10.2. The molecular formula is C16H11ClN4. The Bertz CT molecular complexity index is 845. The molecule has 0 spiro atoms. The lowest BCUT2D eigenvalue weighted by Crippen LogP contribution is -1.94. The maximum Gasteiger partial charge on any atom is 0.116 e. The van der Waals surface area contributed by atoms with Crippen LogP contribution in [0.1, 0.15) is 5.56 Å². The van der Waals surface area contributed by atoms with Crippen molar-refractivity contribution in [2.24, 2.45) is 0 Å². The predicted octanol–water partition coefficient (Wildman–Crippen LogP) is 3.65. The second kappa shape index (κ2) is 5.31. The van der Waals surface area contributed by atoms with Gasteiger partial charge in [0.25, 0.3) is 0 Å². The molecule has 2 aromatic carbocycles. The summed E-state index contributed by atoms with van der Waals surface area (Å²) in [4.78, 5) is 0. The van der Waals surface area contributed by atoms with E-state index in [1.165, 1.54) is 0 Å². The van der Waals surface area contributed by atoms with Crippen LogP contribution in [0.25, 0.3) is 16.9 Å². The highest BCUT2D eigenvalue weighted by molar-refractivity contribution is 6.30. The zero-order valence-corrected chi connectivity index (χ0v) is 11.7. The lowest BCUT2D eigenvalue weighted by atomic mass is 10.1. The Hall–Kier alpha value is -2.77. The van der Waals surface area contributed by atoms with Crippen LogP contribution >= 0.6 is 11.6 Å². The first kappa shape index (κ1) is 13.2. The first-order valence-electron chi connectivity index (χ1n) is 6.29. The number of anilines is 1. The summed E-state index contributed by atoms with van der Waals surface area (Å²) in [5.74, 6) is 0. The minimum atomic E-state index is 0.546. The summed E-state index contributed by atoms with van der Waals surface area (Å²) in [6.45, 7) is 0. The van der Waals surface area contributed by atoms with Crippen molar-refractivity contribution >= 4 is 17.3 Å². The molecule has 1 heterocycles. The fraction of sp³-hybridized carbons (Fsp3) is 0. The minimum Gasteiger partial charge on any atom is -0.396 e. The number of nitrogens with zero attached hydrogens (tertiary/aromatic N) is 3. The summed E-state index contributed by atoms with van der Waals surface area (Å²) in [5, 5.41) is 14.1. The summed E-state index contributed by atoms with van der Waals surface area (Å²) in [6.07, 6.45) is 1.74. The first-order valence-corrected chi connectivity index (χ1v) is 6.67. The van der Waals surface area contributed by atoms with Crippen LogP contribution in [0, 0.1) is 11.3 Å². The van der Waals surface area contributed by atoms with E-state index in [0.29, 0.717) is 22.0 Å². The van der Waals surface area contributed by atoms with Gasteiger partial charge in [-0.05, 0) is 30.3 Å². The molecule has 0 unspecified atom stereocenters. The highest BCUT2D eigenvalue weighted by Gasteiger charge is 2.10. The van der Waals surface area contributed by atoms with Gasteiger partial charge in [-0.2, -0.15) is 10.4 Å². The molecule has 0 saturated heterocycles. The van der Waals surface area contributed by atoms with E-state index in [4.69, 9.17) is 22.6 Å². The summed E-state index contributed by atoms with van der Waals surface area (Å²) >= 11 is 5.99. The van der Waals surface area contributed by atoms with Crippen LogP contribution in [0.2, 0.25) is 5.02 Å². The number of aromatic nitrogens is 2. The summed E-state index contributed by atoms with van der Waals surface area (Å²) in [5.41, 5.74) is 9.45. The van der Waals surface area contributed by atoms with Crippen molar-refractivity contribution in [3.8, 4) is 23.0 Å². The van der Waals surface area contributed by atoms with Gasteiger partial charge in [-0.25, -0.2) is 4.68 Å². The normalized spacial score (nSPS) is 10.3. The van der Waals surface area contributed by atoms with Gasteiger partial charge in [0.2, 0.25) is 0 Å². The van der Waals surface area contributed by atoms with E-state index < -0.39 is 0 Å². The highest BCUT2D eigenvalue weighted by Crippen LogP contribution is 2.26. The van der Waals surface area contributed by atoms with Crippen molar-refractivity contribution < 1.29 is 0 Å². The number of hydrogen-bond donors (Lipinski definition) is 1. The molecule has 0 aliphatic heterocycles. The van der Waals surface area contributed by atoms with Crippen LogP contribution < -0.4 is 5.73 Å². The third kappa shape index (κ3) is 2.60. The Morgan fingerprint density at radius 2 is 1.95 bits per heavy atom. The monoisotopic (exact) mass is 294 g/mol. The largest absolute Gasteiger partial charge is 0.396 e. The smallest absolute Gasteiger partial charge is 0.116 e. The van der Waals surface area contributed by atoms with Crippen LogP contribution in [0.4, 0.5) is 5.69 Å². The van der Waals surface area contributed by atoms with Crippen molar-refractivity contribution in [3.63, 3.8) is 0 Å². The van der Waals surface area contributed by atoms with Crippen LogP contribution in [-0.4, -0.2) is 9.78 Å². The topological polar surface area (TPSA) is 67.6 Å². The molecule has 0 radical (unpaired) electrons. The van der Waals surface area contributed by atoms with Gasteiger partial charge < -0.3 is 5.73 Å². The molecule has 0 aliphatic carbocycles. The number of halogens is 1. The van der Waals surface area contributed by atoms with Gasteiger partial charge in [0.15, 0.2) is 0 Å². The number of hydrogen-bond acceptors (Lipinski definition) is 3. The zero-order chi connectivity index (χ0) is 14.8. The zero-order valence-electron chi connectivity index (χ0n) is 11.0. The van der Waals surface area contributed by atoms with E-state index in [-0.39, 0.29) is 0 Å². The Kier molecular flexibility index (Phi) is 3.35. The maximum atomic E-state index is 8.97. The van der Waals surface area contributed by atoms with Crippen LogP contribution in [0.5, 0.6) is 0 Å². The summed E-state index contributed by atoms with van der Waals surface area (Å²) in [7, 11) is 0. The van der Waals surface area contributed by atoms with E-state index in [1.54, 1.807) is 29.1 Å². The molecule has 0 amide bonds.